The zero-order valence-corrected chi connectivity index (χ0v) is 16.0. The summed E-state index contributed by atoms with van der Waals surface area (Å²) in [6.45, 7) is 4.11. The summed E-state index contributed by atoms with van der Waals surface area (Å²) in [6.07, 6.45) is 5.99. The molecule has 2 aromatic heterocycles. The summed E-state index contributed by atoms with van der Waals surface area (Å²) >= 11 is 0. The molecule has 4 rings (SSSR count). The van der Waals surface area contributed by atoms with Crippen LogP contribution in [0.25, 0.3) is 0 Å². The third-order valence-electron chi connectivity index (χ3n) is 5.57. The fourth-order valence-corrected chi connectivity index (χ4v) is 4.08. The van der Waals surface area contributed by atoms with Gasteiger partial charge in [-0.2, -0.15) is 0 Å². The van der Waals surface area contributed by atoms with Gasteiger partial charge in [0.05, 0.1) is 12.2 Å². The molecule has 0 radical (unpaired) electrons. The highest BCUT2D eigenvalue weighted by Crippen LogP contribution is 2.23. The van der Waals surface area contributed by atoms with Crippen molar-refractivity contribution in [2.75, 3.05) is 44.2 Å². The van der Waals surface area contributed by atoms with Crippen LogP contribution in [0.5, 0.6) is 0 Å². The molecule has 2 saturated heterocycles. The molecule has 2 amide bonds. The average Bonchev–Trinajstić information content (AvgIpc) is 3.18. The standard InChI is InChI=1S/C21H26N4O3/c26-20(17-6-3-10-25(16-17)19-8-1-2-9-22-19)23-11-5-12-24(14-13-23)21(27)18-7-4-15-28-18/h1-2,4,7-9,15,17H,3,5-6,10-14,16H2. The number of carbonyl (C=O) groups excluding carboxylic acids is 2. The van der Waals surface area contributed by atoms with E-state index in [1.807, 2.05) is 23.1 Å². The van der Waals surface area contributed by atoms with Crippen LogP contribution in [-0.2, 0) is 4.79 Å². The number of nitrogens with zero attached hydrogens (tertiary/aromatic N) is 4. The molecule has 0 spiro atoms. The van der Waals surface area contributed by atoms with Gasteiger partial charge < -0.3 is 19.1 Å². The summed E-state index contributed by atoms with van der Waals surface area (Å²) in [5.41, 5.74) is 0. The van der Waals surface area contributed by atoms with Crippen LogP contribution in [-0.4, -0.2) is 65.9 Å². The number of amides is 2. The van der Waals surface area contributed by atoms with E-state index in [4.69, 9.17) is 4.42 Å². The molecule has 0 saturated carbocycles. The van der Waals surface area contributed by atoms with Gasteiger partial charge in [-0.3, -0.25) is 9.59 Å². The molecule has 0 aliphatic carbocycles. The zero-order valence-electron chi connectivity index (χ0n) is 16.0. The Morgan fingerprint density at radius 2 is 1.82 bits per heavy atom. The molecular formula is C21H26N4O3. The molecule has 2 aliphatic heterocycles. The van der Waals surface area contributed by atoms with Crippen molar-refractivity contribution in [3.05, 3.63) is 48.6 Å². The molecule has 0 N–H and O–H groups in total. The Morgan fingerprint density at radius 3 is 2.61 bits per heavy atom. The Morgan fingerprint density at radius 1 is 0.964 bits per heavy atom. The van der Waals surface area contributed by atoms with E-state index in [2.05, 4.69) is 9.88 Å². The number of hydrogen-bond acceptors (Lipinski definition) is 5. The molecule has 2 aromatic rings. The fourth-order valence-electron chi connectivity index (χ4n) is 4.08. The number of aromatic nitrogens is 1. The quantitative estimate of drug-likeness (QED) is 0.814. The van der Waals surface area contributed by atoms with E-state index in [0.717, 1.165) is 31.6 Å². The van der Waals surface area contributed by atoms with E-state index in [9.17, 15) is 9.59 Å². The largest absolute Gasteiger partial charge is 0.459 e. The lowest BCUT2D eigenvalue weighted by atomic mass is 9.96. The van der Waals surface area contributed by atoms with E-state index < -0.39 is 0 Å². The molecule has 0 bridgehead atoms. The third kappa shape index (κ3) is 4.03. The summed E-state index contributed by atoms with van der Waals surface area (Å²) in [5, 5.41) is 0. The fraction of sp³-hybridized carbons (Fsp3) is 0.476. The van der Waals surface area contributed by atoms with Crippen LogP contribution in [0.2, 0.25) is 0 Å². The van der Waals surface area contributed by atoms with E-state index in [1.54, 1.807) is 23.2 Å². The van der Waals surface area contributed by atoms with Crippen molar-refractivity contribution in [2.24, 2.45) is 5.92 Å². The van der Waals surface area contributed by atoms with Crippen LogP contribution in [0.15, 0.2) is 47.2 Å². The number of anilines is 1. The number of piperidine rings is 1. The van der Waals surface area contributed by atoms with Crippen molar-refractivity contribution in [1.29, 1.82) is 0 Å². The maximum Gasteiger partial charge on any atom is 0.289 e. The summed E-state index contributed by atoms with van der Waals surface area (Å²) in [7, 11) is 0. The van der Waals surface area contributed by atoms with Crippen LogP contribution >= 0.6 is 0 Å². The minimum atomic E-state index is -0.0988. The maximum atomic E-state index is 13.1. The van der Waals surface area contributed by atoms with Crippen molar-refractivity contribution >= 4 is 17.6 Å². The first-order valence-corrected chi connectivity index (χ1v) is 10.00. The molecule has 2 fully saturated rings. The van der Waals surface area contributed by atoms with Crippen molar-refractivity contribution in [3.8, 4) is 0 Å². The monoisotopic (exact) mass is 382 g/mol. The van der Waals surface area contributed by atoms with Gasteiger partial charge in [0.15, 0.2) is 5.76 Å². The second kappa shape index (κ2) is 8.46. The van der Waals surface area contributed by atoms with Crippen molar-refractivity contribution < 1.29 is 14.0 Å². The van der Waals surface area contributed by atoms with Crippen molar-refractivity contribution in [1.82, 2.24) is 14.8 Å². The Balaban J connectivity index is 1.36. The second-order valence-electron chi connectivity index (χ2n) is 7.42. The van der Waals surface area contributed by atoms with Gasteiger partial charge in [0.1, 0.15) is 5.82 Å². The Hall–Kier alpha value is -2.83. The Bertz CT molecular complexity index is 793. The van der Waals surface area contributed by atoms with Gasteiger partial charge in [0.2, 0.25) is 5.91 Å². The average molecular weight is 382 g/mol. The molecule has 2 aliphatic rings. The molecule has 7 heteroatoms. The molecule has 148 valence electrons. The first kappa shape index (κ1) is 18.5. The van der Waals surface area contributed by atoms with E-state index in [0.29, 0.717) is 38.5 Å². The smallest absolute Gasteiger partial charge is 0.289 e. The number of pyridine rings is 1. The van der Waals surface area contributed by atoms with E-state index >= 15 is 0 Å². The highest BCUT2D eigenvalue weighted by Gasteiger charge is 2.31. The van der Waals surface area contributed by atoms with E-state index in [-0.39, 0.29) is 17.7 Å². The lowest BCUT2D eigenvalue weighted by Gasteiger charge is -2.35. The summed E-state index contributed by atoms with van der Waals surface area (Å²) in [5.74, 6) is 1.39. The number of furan rings is 1. The summed E-state index contributed by atoms with van der Waals surface area (Å²) in [6, 6.07) is 9.29. The summed E-state index contributed by atoms with van der Waals surface area (Å²) < 4.78 is 5.23. The molecule has 1 unspecified atom stereocenters. The second-order valence-corrected chi connectivity index (χ2v) is 7.42. The van der Waals surface area contributed by atoms with Gasteiger partial charge >= 0.3 is 0 Å². The Labute approximate surface area is 164 Å². The predicted molar refractivity (Wildman–Crippen MR) is 105 cm³/mol. The first-order chi connectivity index (χ1) is 13.7. The van der Waals surface area contributed by atoms with Gasteiger partial charge in [-0.15, -0.1) is 0 Å². The molecule has 0 aromatic carbocycles. The normalized spacial score (nSPS) is 20.7. The molecule has 1 atom stereocenters. The van der Waals surface area contributed by atoms with Crippen LogP contribution in [0.3, 0.4) is 0 Å². The molecule has 7 nitrogen and oxygen atoms in total. The highest BCUT2D eigenvalue weighted by molar-refractivity contribution is 5.91. The number of carbonyl (C=O) groups is 2. The molecule has 4 heterocycles. The van der Waals surface area contributed by atoms with Crippen LogP contribution in [0, 0.1) is 5.92 Å². The van der Waals surface area contributed by atoms with Crippen LogP contribution in [0.1, 0.15) is 29.8 Å². The minimum Gasteiger partial charge on any atom is -0.459 e. The van der Waals surface area contributed by atoms with Gasteiger partial charge in [-0.05, 0) is 43.5 Å². The summed E-state index contributed by atoms with van der Waals surface area (Å²) in [4.78, 5) is 36.0. The van der Waals surface area contributed by atoms with Gasteiger partial charge in [-0.1, -0.05) is 6.07 Å². The van der Waals surface area contributed by atoms with E-state index in [1.165, 1.54) is 6.26 Å². The maximum absolute atomic E-state index is 13.1. The van der Waals surface area contributed by atoms with Crippen LogP contribution in [0.4, 0.5) is 5.82 Å². The Kier molecular flexibility index (Phi) is 5.60. The van der Waals surface area contributed by atoms with Gasteiger partial charge in [-0.25, -0.2) is 4.98 Å². The highest BCUT2D eigenvalue weighted by atomic mass is 16.3. The lowest BCUT2D eigenvalue weighted by molar-refractivity contribution is -0.135. The predicted octanol–water partition coefficient (Wildman–Crippen LogP) is 2.27. The lowest BCUT2D eigenvalue weighted by Crippen LogP contribution is -2.46. The third-order valence-corrected chi connectivity index (χ3v) is 5.57. The minimum absolute atomic E-state index is 0.0110. The van der Waals surface area contributed by atoms with Gasteiger partial charge in [0.25, 0.3) is 5.91 Å². The number of rotatable bonds is 3. The van der Waals surface area contributed by atoms with Crippen molar-refractivity contribution in [2.45, 2.75) is 19.3 Å². The van der Waals surface area contributed by atoms with Crippen molar-refractivity contribution in [3.63, 3.8) is 0 Å². The topological polar surface area (TPSA) is 69.9 Å². The van der Waals surface area contributed by atoms with Crippen LogP contribution < -0.4 is 4.90 Å². The SMILES string of the molecule is O=C(c1ccco1)N1CCCN(C(=O)C2CCCN(c3ccccn3)C2)CC1. The molecule has 28 heavy (non-hydrogen) atoms. The van der Waals surface area contributed by atoms with Gasteiger partial charge in [0, 0.05) is 45.5 Å². The zero-order chi connectivity index (χ0) is 19.3. The number of hydrogen-bond donors (Lipinski definition) is 0. The first-order valence-electron chi connectivity index (χ1n) is 10.00. The molecular weight excluding hydrogens is 356 g/mol.